The van der Waals surface area contributed by atoms with Crippen LogP contribution in [0.2, 0.25) is 0 Å². The topological polar surface area (TPSA) is 0 Å². The Morgan fingerprint density at radius 2 is 0.812 bits per heavy atom. The van der Waals surface area contributed by atoms with Gasteiger partial charge in [0, 0.05) is 44.7 Å². The molecule has 0 atom stereocenters. The highest BCUT2D eigenvalue weighted by Crippen LogP contribution is 2.17. The van der Waals surface area contributed by atoms with Gasteiger partial charge in [0.15, 0.2) is 0 Å². The van der Waals surface area contributed by atoms with Crippen LogP contribution < -0.4 is 0 Å². The van der Waals surface area contributed by atoms with E-state index in [2.05, 4.69) is 59.6 Å². The fourth-order valence-corrected chi connectivity index (χ4v) is 6.80. The van der Waals surface area contributed by atoms with Crippen LogP contribution in [-0.2, 0) is 0 Å². The number of hydrogen-bond acceptors (Lipinski definition) is 6. The molecule has 0 rings (SSSR count). The minimum absolute atomic E-state index is 1.28. The predicted octanol–water partition coefficient (Wildman–Crippen LogP) is 4.56. The summed E-state index contributed by atoms with van der Waals surface area (Å²) in [4.78, 5) is 0. The van der Waals surface area contributed by atoms with Crippen LogP contribution in [0, 0.1) is 0 Å². The maximum Gasteiger partial charge on any atom is 0.0392 e. The van der Waals surface area contributed by atoms with Gasteiger partial charge in [-0.2, -0.15) is 70.6 Å². The molecule has 0 heterocycles. The van der Waals surface area contributed by atoms with Gasteiger partial charge in [-0.25, -0.2) is 0 Å². The molecule has 0 aromatic carbocycles. The molecule has 0 aliphatic carbocycles. The molecule has 0 spiro atoms. The maximum absolute atomic E-state index is 2.18. The molecular formula is C10H22S6. The largest absolute Gasteiger partial charge is 0.165 e. The summed E-state index contributed by atoms with van der Waals surface area (Å²) in [6.07, 6.45) is 4.36. The standard InChI is InChI=1S/C10H22S6/c1-11-3-5-13-9-15-7-8-16-10-14-6-4-12-2/h3-10H2,1-2H3. The van der Waals surface area contributed by atoms with Crippen molar-refractivity contribution in [1.82, 2.24) is 0 Å². The molecule has 0 saturated carbocycles. The van der Waals surface area contributed by atoms with Crippen molar-refractivity contribution in [3.05, 3.63) is 0 Å². The molecule has 98 valence electrons. The highest BCUT2D eigenvalue weighted by Gasteiger charge is 1.93. The first-order valence-electron chi connectivity index (χ1n) is 5.20. The van der Waals surface area contributed by atoms with E-state index in [0.29, 0.717) is 0 Å². The van der Waals surface area contributed by atoms with Crippen LogP contribution in [0.3, 0.4) is 0 Å². The van der Waals surface area contributed by atoms with Crippen LogP contribution >= 0.6 is 70.6 Å². The Morgan fingerprint density at radius 3 is 1.12 bits per heavy atom. The molecule has 0 unspecified atom stereocenters. The number of rotatable bonds is 13. The number of thioether (sulfide) groups is 6. The quantitative estimate of drug-likeness (QED) is 0.355. The molecule has 0 N–H and O–H groups in total. The van der Waals surface area contributed by atoms with E-state index in [1.54, 1.807) is 0 Å². The Bertz CT molecular complexity index is 108. The van der Waals surface area contributed by atoms with Crippen LogP contribution in [0.25, 0.3) is 0 Å². The first-order valence-corrected chi connectivity index (χ1v) is 12.6. The van der Waals surface area contributed by atoms with Gasteiger partial charge in [-0.1, -0.05) is 0 Å². The molecule has 0 radical (unpaired) electrons. The zero-order valence-corrected chi connectivity index (χ0v) is 15.0. The lowest BCUT2D eigenvalue weighted by Gasteiger charge is -2.02. The molecule has 0 aromatic heterocycles. The SMILES string of the molecule is CSCCSCSCCSCSCCSC. The molecule has 0 nitrogen and oxygen atoms in total. The summed E-state index contributed by atoms with van der Waals surface area (Å²) in [6, 6.07) is 0. The second-order valence-corrected chi connectivity index (χ2v) is 9.98. The maximum atomic E-state index is 2.18. The second kappa shape index (κ2) is 17.1. The zero-order valence-electron chi connectivity index (χ0n) is 10.1. The molecule has 0 saturated heterocycles. The van der Waals surface area contributed by atoms with Gasteiger partial charge in [0.1, 0.15) is 0 Å². The van der Waals surface area contributed by atoms with E-state index in [0.717, 1.165) is 0 Å². The Morgan fingerprint density at radius 1 is 0.500 bits per heavy atom. The van der Waals surface area contributed by atoms with Crippen molar-refractivity contribution in [3.8, 4) is 0 Å². The van der Waals surface area contributed by atoms with E-state index in [-0.39, 0.29) is 0 Å². The van der Waals surface area contributed by atoms with Crippen LogP contribution in [-0.4, -0.2) is 57.2 Å². The van der Waals surface area contributed by atoms with Gasteiger partial charge < -0.3 is 0 Å². The molecule has 0 aromatic rings. The van der Waals surface area contributed by atoms with Crippen molar-refractivity contribution >= 4 is 70.6 Å². The third-order valence-corrected chi connectivity index (χ3v) is 8.21. The molecule has 0 amide bonds. The summed E-state index contributed by atoms with van der Waals surface area (Å²) < 4.78 is 0. The van der Waals surface area contributed by atoms with Crippen molar-refractivity contribution in [2.45, 2.75) is 0 Å². The molecule has 16 heavy (non-hydrogen) atoms. The second-order valence-electron chi connectivity index (χ2n) is 2.85. The van der Waals surface area contributed by atoms with Crippen molar-refractivity contribution < 1.29 is 0 Å². The van der Waals surface area contributed by atoms with Gasteiger partial charge in [0.2, 0.25) is 0 Å². The average molecular weight is 335 g/mol. The summed E-state index contributed by atoms with van der Waals surface area (Å²) in [7, 11) is 0. The molecule has 0 fully saturated rings. The number of hydrogen-bond donors (Lipinski definition) is 0. The van der Waals surface area contributed by atoms with Gasteiger partial charge in [0.25, 0.3) is 0 Å². The van der Waals surface area contributed by atoms with Crippen molar-refractivity contribution in [2.24, 2.45) is 0 Å². The highest BCUT2D eigenvalue weighted by molar-refractivity contribution is 8.18. The summed E-state index contributed by atoms with van der Waals surface area (Å²) in [6.45, 7) is 0. The molecule has 0 aliphatic heterocycles. The minimum Gasteiger partial charge on any atom is -0.165 e. The predicted molar refractivity (Wildman–Crippen MR) is 96.3 cm³/mol. The molecular weight excluding hydrogens is 313 g/mol. The van der Waals surface area contributed by atoms with Crippen LogP contribution in [0.5, 0.6) is 0 Å². The molecule has 0 bridgehead atoms. The van der Waals surface area contributed by atoms with Gasteiger partial charge in [-0.05, 0) is 12.5 Å². The summed E-state index contributed by atoms with van der Waals surface area (Å²) >= 11 is 12.2. The van der Waals surface area contributed by atoms with Crippen LogP contribution in [0.15, 0.2) is 0 Å². The van der Waals surface area contributed by atoms with Gasteiger partial charge >= 0.3 is 0 Å². The smallest absolute Gasteiger partial charge is 0.0392 e. The first kappa shape index (κ1) is 18.1. The lowest BCUT2D eigenvalue weighted by molar-refractivity contribution is 1.54. The fraction of sp³-hybridized carbons (Fsp3) is 1.00. The molecule has 6 heteroatoms. The van der Waals surface area contributed by atoms with Crippen LogP contribution in [0.1, 0.15) is 0 Å². The Kier molecular flexibility index (Phi) is 19.3. The zero-order chi connectivity index (χ0) is 11.9. The third-order valence-electron chi connectivity index (χ3n) is 1.57. The first-order chi connectivity index (χ1) is 7.91. The van der Waals surface area contributed by atoms with E-state index in [4.69, 9.17) is 0 Å². The lowest BCUT2D eigenvalue weighted by atomic mass is 11.0. The van der Waals surface area contributed by atoms with Gasteiger partial charge in [-0.3, -0.25) is 0 Å². The van der Waals surface area contributed by atoms with E-state index in [1.807, 2.05) is 23.5 Å². The Hall–Kier alpha value is 2.10. The van der Waals surface area contributed by atoms with Gasteiger partial charge in [-0.15, -0.1) is 0 Å². The van der Waals surface area contributed by atoms with Gasteiger partial charge in [0.05, 0.1) is 0 Å². The van der Waals surface area contributed by atoms with E-state index in [9.17, 15) is 0 Å². The van der Waals surface area contributed by atoms with Crippen LogP contribution in [0.4, 0.5) is 0 Å². The fourth-order valence-electron chi connectivity index (χ4n) is 0.756. The van der Waals surface area contributed by atoms with E-state index < -0.39 is 0 Å². The average Bonchev–Trinajstić information content (AvgIpc) is 2.31. The van der Waals surface area contributed by atoms with Crippen molar-refractivity contribution in [1.29, 1.82) is 0 Å². The van der Waals surface area contributed by atoms with E-state index in [1.165, 1.54) is 44.7 Å². The Balaban J connectivity index is 2.83. The van der Waals surface area contributed by atoms with E-state index >= 15 is 0 Å². The molecule has 0 aliphatic rings. The van der Waals surface area contributed by atoms with Crippen molar-refractivity contribution in [2.75, 3.05) is 57.2 Å². The third kappa shape index (κ3) is 16.1. The Labute approximate surface area is 127 Å². The summed E-state index contributed by atoms with van der Waals surface area (Å²) in [5.41, 5.74) is 0. The normalized spacial score (nSPS) is 10.9. The minimum atomic E-state index is 1.28. The lowest BCUT2D eigenvalue weighted by Crippen LogP contribution is -1.89. The highest BCUT2D eigenvalue weighted by atomic mass is 32.2. The monoisotopic (exact) mass is 334 g/mol. The van der Waals surface area contributed by atoms with Crippen molar-refractivity contribution in [3.63, 3.8) is 0 Å². The summed E-state index contributed by atoms with van der Waals surface area (Å²) in [5.74, 6) is 7.86. The summed E-state index contributed by atoms with van der Waals surface area (Å²) in [5, 5.41) is 2.56.